The fourth-order valence-electron chi connectivity index (χ4n) is 4.90. The number of hydrogen-bond donors (Lipinski definition) is 4. The number of aliphatic carboxylic acids is 4. The zero-order chi connectivity index (χ0) is 43.3. The van der Waals surface area contributed by atoms with Crippen LogP contribution in [-0.2, 0) is 37.7 Å². The summed E-state index contributed by atoms with van der Waals surface area (Å²) in [6, 6.07) is 19.3. The molecule has 5 rings (SSSR count). The fourth-order valence-corrected chi connectivity index (χ4v) is 4.90. The van der Waals surface area contributed by atoms with E-state index in [4.69, 9.17) is 44.6 Å². The van der Waals surface area contributed by atoms with Crippen molar-refractivity contribution in [3.8, 4) is 0 Å². The lowest BCUT2D eigenvalue weighted by Crippen LogP contribution is -2.36. The van der Waals surface area contributed by atoms with Crippen molar-refractivity contribution in [2.75, 3.05) is 24.5 Å². The Bertz CT molecular complexity index is 1680. The molecule has 2 aliphatic heterocycles. The van der Waals surface area contributed by atoms with Crippen molar-refractivity contribution >= 4 is 29.6 Å². The van der Waals surface area contributed by atoms with Crippen LogP contribution < -0.4 is 4.90 Å². The number of anilines is 1. The maximum Gasteiger partial charge on any atom is 0.490 e. The van der Waals surface area contributed by atoms with Crippen LogP contribution in [0.3, 0.4) is 0 Å². The lowest BCUT2D eigenvalue weighted by Gasteiger charge is -2.26. The second kappa shape index (κ2) is 19.8. The molecule has 12 nitrogen and oxygen atoms in total. The van der Waals surface area contributed by atoms with Gasteiger partial charge < -0.3 is 25.3 Å². The van der Waals surface area contributed by atoms with Crippen molar-refractivity contribution in [2.45, 2.75) is 56.6 Å². The number of fused-ring (bicyclic) bond motifs is 2. The van der Waals surface area contributed by atoms with Crippen LogP contribution in [0.5, 0.6) is 0 Å². The topological polar surface area (TPSA) is 181 Å². The number of halogens is 12. The molecule has 0 saturated carbocycles. The van der Waals surface area contributed by atoms with Crippen LogP contribution in [0.15, 0.2) is 67.0 Å². The summed E-state index contributed by atoms with van der Waals surface area (Å²) in [4.78, 5) is 50.0. The molecule has 310 valence electrons. The van der Waals surface area contributed by atoms with Gasteiger partial charge in [0.1, 0.15) is 0 Å². The van der Waals surface area contributed by atoms with Crippen molar-refractivity contribution in [1.82, 2.24) is 14.9 Å². The quantitative estimate of drug-likeness (QED) is 0.211. The van der Waals surface area contributed by atoms with Gasteiger partial charge in [0.15, 0.2) is 0 Å². The molecule has 2 aromatic heterocycles. The van der Waals surface area contributed by atoms with Crippen molar-refractivity contribution in [1.29, 1.82) is 0 Å². The van der Waals surface area contributed by atoms with Crippen LogP contribution in [0.2, 0.25) is 0 Å². The predicted molar refractivity (Wildman–Crippen MR) is 167 cm³/mol. The minimum atomic E-state index is -5.08. The normalized spacial score (nSPS) is 16.3. The van der Waals surface area contributed by atoms with Crippen LogP contribution in [0.25, 0.3) is 0 Å². The van der Waals surface area contributed by atoms with Gasteiger partial charge in [-0.2, -0.15) is 52.7 Å². The molecular weight excluding hydrogens is 796 g/mol. The number of carboxylic acid groups (broad SMARTS) is 4. The number of likely N-dealkylation sites (tertiary alicyclic amines) is 1. The van der Waals surface area contributed by atoms with Gasteiger partial charge >= 0.3 is 48.6 Å². The molecular formula is C32H30F12N4O8. The third kappa shape index (κ3) is 16.4. The summed E-state index contributed by atoms with van der Waals surface area (Å²) in [5.41, 5.74) is 6.55. The van der Waals surface area contributed by atoms with Crippen molar-refractivity contribution in [2.24, 2.45) is 0 Å². The first-order valence-electron chi connectivity index (χ1n) is 15.1. The van der Waals surface area contributed by atoms with Gasteiger partial charge in [0.25, 0.3) is 0 Å². The Morgan fingerprint density at radius 2 is 1.12 bits per heavy atom. The largest absolute Gasteiger partial charge is 0.490 e. The van der Waals surface area contributed by atoms with E-state index in [0.29, 0.717) is 0 Å². The Labute approximate surface area is 307 Å². The SMILES string of the molecule is Cc1cccc(CN2CCC3(C2)CN(Cc2ccccn2)c2cccnc23)c1.O=C(O)C(F)(F)F.O=C(O)C(F)(F)F.O=C(O)C(F)(F)F.O=C(O)C(F)(F)F. The average molecular weight is 827 g/mol. The fraction of sp³-hybridized carbons (Fsp3) is 0.375. The van der Waals surface area contributed by atoms with E-state index in [9.17, 15) is 52.7 Å². The maximum absolute atomic E-state index is 10.6. The van der Waals surface area contributed by atoms with E-state index in [0.717, 1.165) is 38.4 Å². The molecule has 1 unspecified atom stereocenters. The molecule has 2 aliphatic rings. The van der Waals surface area contributed by atoms with Gasteiger partial charge in [-0.1, -0.05) is 35.9 Å². The van der Waals surface area contributed by atoms with Crippen molar-refractivity contribution in [3.05, 3.63) is 89.5 Å². The maximum atomic E-state index is 10.6. The molecule has 4 N–H and O–H groups in total. The number of alkyl halides is 12. The molecule has 4 heterocycles. The molecule has 3 aromatic rings. The Hall–Kier alpha value is -5.68. The monoisotopic (exact) mass is 826 g/mol. The second-order valence-electron chi connectivity index (χ2n) is 11.5. The van der Waals surface area contributed by atoms with Crippen LogP contribution in [0.1, 0.15) is 28.9 Å². The van der Waals surface area contributed by atoms with Gasteiger partial charge in [-0.3, -0.25) is 14.9 Å². The summed E-state index contributed by atoms with van der Waals surface area (Å²) < 4.78 is 127. The highest BCUT2D eigenvalue weighted by Crippen LogP contribution is 2.45. The minimum Gasteiger partial charge on any atom is -0.475 e. The first-order valence-corrected chi connectivity index (χ1v) is 15.1. The number of hydrogen-bond acceptors (Lipinski definition) is 8. The van der Waals surface area contributed by atoms with Crippen LogP contribution in [0, 0.1) is 6.92 Å². The van der Waals surface area contributed by atoms with Gasteiger partial charge in [0.2, 0.25) is 0 Å². The van der Waals surface area contributed by atoms with Gasteiger partial charge in [-0.15, -0.1) is 0 Å². The molecule has 0 radical (unpaired) electrons. The van der Waals surface area contributed by atoms with Gasteiger partial charge in [-0.25, -0.2) is 19.2 Å². The van der Waals surface area contributed by atoms with Crippen LogP contribution in [0.4, 0.5) is 58.4 Å². The summed E-state index contributed by atoms with van der Waals surface area (Å²) >= 11 is 0. The van der Waals surface area contributed by atoms with Crippen molar-refractivity contribution < 1.29 is 92.3 Å². The summed E-state index contributed by atoms with van der Waals surface area (Å²) in [7, 11) is 0. The lowest BCUT2D eigenvalue weighted by molar-refractivity contribution is -0.193. The number of pyridine rings is 2. The van der Waals surface area contributed by atoms with Gasteiger partial charge in [0.05, 0.1) is 23.6 Å². The third-order valence-electron chi connectivity index (χ3n) is 7.09. The molecule has 0 aliphatic carbocycles. The minimum absolute atomic E-state index is 0.134. The number of rotatable bonds is 4. The van der Waals surface area contributed by atoms with E-state index in [1.54, 1.807) is 0 Å². The smallest absolute Gasteiger partial charge is 0.475 e. The van der Waals surface area contributed by atoms with Crippen molar-refractivity contribution in [3.63, 3.8) is 0 Å². The molecule has 0 amide bonds. The molecule has 1 atom stereocenters. The number of carbonyl (C=O) groups is 4. The Kier molecular flexibility index (Phi) is 17.1. The Morgan fingerprint density at radius 1 is 0.643 bits per heavy atom. The molecule has 1 saturated heterocycles. The van der Waals surface area contributed by atoms with Gasteiger partial charge in [-0.05, 0) is 49.7 Å². The lowest BCUT2D eigenvalue weighted by atomic mass is 9.85. The Balaban J connectivity index is 0.000000457. The zero-order valence-corrected chi connectivity index (χ0v) is 28.3. The summed E-state index contributed by atoms with van der Waals surface area (Å²) in [6.45, 7) is 7.26. The van der Waals surface area contributed by atoms with E-state index in [2.05, 4.69) is 70.2 Å². The zero-order valence-electron chi connectivity index (χ0n) is 28.3. The Morgan fingerprint density at radius 3 is 1.55 bits per heavy atom. The highest BCUT2D eigenvalue weighted by Gasteiger charge is 2.48. The predicted octanol–water partition coefficient (Wildman–Crippen LogP) is 6.48. The van der Waals surface area contributed by atoms with Crippen LogP contribution >= 0.6 is 0 Å². The molecule has 24 heteroatoms. The van der Waals surface area contributed by atoms with E-state index in [-0.39, 0.29) is 5.41 Å². The highest BCUT2D eigenvalue weighted by atomic mass is 19.4. The number of benzene rings is 1. The molecule has 1 fully saturated rings. The summed E-state index contributed by atoms with van der Waals surface area (Å²) in [5, 5.41) is 28.5. The molecule has 1 aromatic carbocycles. The van der Waals surface area contributed by atoms with Gasteiger partial charge in [0, 0.05) is 37.4 Å². The highest BCUT2D eigenvalue weighted by molar-refractivity contribution is 5.74. The molecule has 56 heavy (non-hydrogen) atoms. The van der Waals surface area contributed by atoms with E-state index < -0.39 is 48.6 Å². The third-order valence-corrected chi connectivity index (χ3v) is 7.09. The summed E-state index contributed by atoms with van der Waals surface area (Å²) in [5.74, 6) is -11.0. The first-order chi connectivity index (χ1) is 25.5. The number of aryl methyl sites for hydroxylation is 1. The molecule has 1 spiro atoms. The van der Waals surface area contributed by atoms with Crippen LogP contribution in [-0.4, -0.2) is 104 Å². The molecule has 0 bridgehead atoms. The number of aromatic nitrogens is 2. The average Bonchev–Trinajstić information content (AvgIpc) is 3.60. The standard InChI is InChI=1S/C24H26N4.4C2HF3O2/c1-19-6-4-7-20(14-19)15-27-13-10-24(17-27)18-28(16-21-8-2-3-11-25-21)22-9-5-12-26-23(22)24;4*3-2(4,5)1(6)7/h2-9,11-12,14H,10,13,15-18H2,1H3;4*(H,6,7). The number of carboxylic acids is 4. The van der Waals surface area contributed by atoms with E-state index in [1.807, 2.05) is 18.5 Å². The van der Waals surface area contributed by atoms with E-state index in [1.165, 1.54) is 28.9 Å². The number of nitrogens with zero attached hydrogens (tertiary/aromatic N) is 4. The van der Waals surface area contributed by atoms with E-state index >= 15 is 0 Å². The second-order valence-corrected chi connectivity index (χ2v) is 11.5. The summed E-state index contributed by atoms with van der Waals surface area (Å²) in [6.07, 6.45) is -15.3. The first kappa shape index (κ1) is 48.3.